The zero-order valence-electron chi connectivity index (χ0n) is 8.59. The quantitative estimate of drug-likeness (QED) is 0.669. The lowest BCUT2D eigenvalue weighted by molar-refractivity contribution is -0.384. The molecular weight excluding hydrogens is 246 g/mol. The van der Waals surface area contributed by atoms with Gasteiger partial charge < -0.3 is 10.2 Å². The number of rotatable bonds is 3. The maximum absolute atomic E-state index is 10.7. The molecule has 1 aromatic heterocycles. The molecule has 6 nitrogen and oxygen atoms in total. The summed E-state index contributed by atoms with van der Waals surface area (Å²) in [6.45, 7) is 0.242. The molecule has 0 unspecified atom stereocenters. The third-order valence-electron chi connectivity index (χ3n) is 2.10. The lowest BCUT2D eigenvalue weighted by Crippen LogP contribution is -1.95. The number of halogens is 1. The number of benzene rings is 1. The van der Waals surface area contributed by atoms with Crippen molar-refractivity contribution in [1.82, 2.24) is 4.98 Å². The third kappa shape index (κ3) is 2.43. The topological polar surface area (TPSA) is 95.2 Å². The number of aromatic nitrogens is 1. The molecule has 1 aromatic carbocycles. The van der Waals surface area contributed by atoms with Gasteiger partial charge in [0.05, 0.1) is 10.6 Å². The zero-order valence-corrected chi connectivity index (χ0v) is 9.35. The van der Waals surface area contributed by atoms with Crippen LogP contribution in [0.1, 0.15) is 5.69 Å². The number of nitro benzene ring substituents is 1. The van der Waals surface area contributed by atoms with E-state index in [4.69, 9.17) is 21.8 Å². The summed E-state index contributed by atoms with van der Waals surface area (Å²) in [4.78, 5) is 14.2. The largest absolute Gasteiger partial charge is 0.444 e. The van der Waals surface area contributed by atoms with E-state index in [2.05, 4.69) is 4.98 Å². The lowest BCUT2D eigenvalue weighted by Gasteiger charge is -1.97. The van der Waals surface area contributed by atoms with Crippen molar-refractivity contribution in [2.45, 2.75) is 6.54 Å². The number of nitrogens with zero attached hydrogens (tertiary/aromatic N) is 2. The molecule has 0 aliphatic carbocycles. The van der Waals surface area contributed by atoms with Crippen molar-refractivity contribution < 1.29 is 9.34 Å². The van der Waals surface area contributed by atoms with E-state index >= 15 is 0 Å². The van der Waals surface area contributed by atoms with Gasteiger partial charge in [0.1, 0.15) is 6.26 Å². The van der Waals surface area contributed by atoms with E-state index in [0.29, 0.717) is 11.3 Å². The maximum Gasteiger partial charge on any atom is 0.271 e. The minimum absolute atomic E-state index is 0.111. The van der Waals surface area contributed by atoms with Gasteiger partial charge in [-0.1, -0.05) is 11.6 Å². The van der Waals surface area contributed by atoms with Gasteiger partial charge in [0.15, 0.2) is 0 Å². The van der Waals surface area contributed by atoms with Crippen LogP contribution in [0.15, 0.2) is 28.9 Å². The fraction of sp³-hybridized carbons (Fsp3) is 0.100. The second-order valence-corrected chi connectivity index (χ2v) is 3.74. The molecule has 2 rings (SSSR count). The fourth-order valence-electron chi connectivity index (χ4n) is 1.34. The molecule has 0 spiro atoms. The van der Waals surface area contributed by atoms with Gasteiger partial charge >= 0.3 is 0 Å². The van der Waals surface area contributed by atoms with Crippen molar-refractivity contribution in [2.75, 3.05) is 0 Å². The Hall–Kier alpha value is -1.92. The minimum Gasteiger partial charge on any atom is -0.444 e. The summed E-state index contributed by atoms with van der Waals surface area (Å²) in [7, 11) is 0. The van der Waals surface area contributed by atoms with Crippen LogP contribution < -0.4 is 5.73 Å². The molecule has 0 amide bonds. The molecule has 0 saturated carbocycles. The van der Waals surface area contributed by atoms with Crippen LogP contribution in [0.25, 0.3) is 11.5 Å². The van der Waals surface area contributed by atoms with E-state index in [9.17, 15) is 10.1 Å². The molecule has 2 N–H and O–H groups in total. The number of hydrogen-bond donors (Lipinski definition) is 1. The van der Waals surface area contributed by atoms with Crippen molar-refractivity contribution in [3.05, 3.63) is 45.3 Å². The average molecular weight is 254 g/mol. The van der Waals surface area contributed by atoms with Gasteiger partial charge in [0.2, 0.25) is 5.89 Å². The summed E-state index contributed by atoms with van der Waals surface area (Å²) >= 11 is 5.79. The van der Waals surface area contributed by atoms with Crippen LogP contribution in [-0.4, -0.2) is 9.91 Å². The van der Waals surface area contributed by atoms with Gasteiger partial charge in [0.25, 0.3) is 5.69 Å². The van der Waals surface area contributed by atoms with E-state index in [1.165, 1.54) is 18.4 Å². The molecule has 0 fully saturated rings. The first-order chi connectivity index (χ1) is 8.10. The van der Waals surface area contributed by atoms with Crippen LogP contribution in [0.4, 0.5) is 5.69 Å². The van der Waals surface area contributed by atoms with E-state index in [-0.39, 0.29) is 23.1 Å². The van der Waals surface area contributed by atoms with Gasteiger partial charge in [-0.05, 0) is 6.07 Å². The molecule has 0 aliphatic heterocycles. The highest BCUT2D eigenvalue weighted by Crippen LogP contribution is 2.27. The number of nitrogens with two attached hydrogens (primary N) is 1. The molecular formula is C10H8ClN3O3. The summed E-state index contributed by atoms with van der Waals surface area (Å²) in [5.41, 5.74) is 6.30. The average Bonchev–Trinajstić information content (AvgIpc) is 2.76. The van der Waals surface area contributed by atoms with Crippen molar-refractivity contribution in [3.8, 4) is 11.5 Å². The SMILES string of the molecule is NCc1coc(-c2cc(Cl)cc([N+](=O)[O-])c2)n1. The molecule has 88 valence electrons. The Labute approximate surface area is 101 Å². The maximum atomic E-state index is 10.7. The van der Waals surface area contributed by atoms with Gasteiger partial charge in [-0.15, -0.1) is 0 Å². The zero-order chi connectivity index (χ0) is 12.4. The third-order valence-corrected chi connectivity index (χ3v) is 2.32. The molecule has 1 heterocycles. The van der Waals surface area contributed by atoms with E-state index in [1.54, 1.807) is 6.07 Å². The van der Waals surface area contributed by atoms with Crippen molar-refractivity contribution in [2.24, 2.45) is 5.73 Å². The van der Waals surface area contributed by atoms with Gasteiger partial charge in [0, 0.05) is 29.3 Å². The van der Waals surface area contributed by atoms with E-state index in [0.717, 1.165) is 0 Å². The number of non-ortho nitro benzene ring substituents is 1. The highest BCUT2D eigenvalue weighted by Gasteiger charge is 2.13. The highest BCUT2D eigenvalue weighted by molar-refractivity contribution is 6.31. The summed E-state index contributed by atoms with van der Waals surface area (Å²) in [6.07, 6.45) is 1.40. The van der Waals surface area contributed by atoms with Crippen LogP contribution in [0.3, 0.4) is 0 Å². The normalized spacial score (nSPS) is 10.5. The monoisotopic (exact) mass is 253 g/mol. The number of nitro groups is 1. The molecule has 2 aromatic rings. The van der Waals surface area contributed by atoms with Crippen LogP contribution in [0.5, 0.6) is 0 Å². The second kappa shape index (κ2) is 4.52. The molecule has 0 saturated heterocycles. The van der Waals surface area contributed by atoms with Gasteiger partial charge in [-0.2, -0.15) is 0 Å². The smallest absolute Gasteiger partial charge is 0.271 e. The second-order valence-electron chi connectivity index (χ2n) is 3.30. The molecule has 17 heavy (non-hydrogen) atoms. The van der Waals surface area contributed by atoms with Crippen molar-refractivity contribution in [3.63, 3.8) is 0 Å². The molecule has 0 bridgehead atoms. The Balaban J connectivity index is 2.47. The number of hydrogen-bond acceptors (Lipinski definition) is 5. The van der Waals surface area contributed by atoms with E-state index in [1.807, 2.05) is 0 Å². The van der Waals surface area contributed by atoms with Crippen molar-refractivity contribution >= 4 is 17.3 Å². The van der Waals surface area contributed by atoms with Gasteiger partial charge in [-0.25, -0.2) is 4.98 Å². The van der Waals surface area contributed by atoms with Gasteiger partial charge in [-0.3, -0.25) is 10.1 Å². The molecule has 0 atom stereocenters. The Morgan fingerprint density at radius 3 is 2.82 bits per heavy atom. The Bertz CT molecular complexity index is 568. The summed E-state index contributed by atoms with van der Waals surface area (Å²) in [5, 5.41) is 10.9. The minimum atomic E-state index is -0.526. The first kappa shape index (κ1) is 11.6. The van der Waals surface area contributed by atoms with Crippen LogP contribution >= 0.6 is 11.6 Å². The summed E-state index contributed by atoms with van der Waals surface area (Å²) in [5.74, 6) is 0.260. The van der Waals surface area contributed by atoms with Crippen LogP contribution in [0, 0.1) is 10.1 Å². The summed E-state index contributed by atoms with van der Waals surface area (Å²) in [6, 6.07) is 4.15. The Morgan fingerprint density at radius 1 is 1.47 bits per heavy atom. The standard InChI is InChI=1S/C10H8ClN3O3/c11-7-1-6(2-9(3-7)14(15)16)10-13-8(4-12)5-17-10/h1-3,5H,4,12H2. The lowest BCUT2D eigenvalue weighted by atomic mass is 10.2. The summed E-state index contributed by atoms with van der Waals surface area (Å²) < 4.78 is 5.16. The Kier molecular flexibility index (Phi) is 3.08. The molecule has 7 heteroatoms. The van der Waals surface area contributed by atoms with E-state index < -0.39 is 4.92 Å². The highest BCUT2D eigenvalue weighted by atomic mass is 35.5. The Morgan fingerprint density at radius 2 is 2.24 bits per heavy atom. The molecule has 0 radical (unpaired) electrons. The van der Waals surface area contributed by atoms with Crippen molar-refractivity contribution in [1.29, 1.82) is 0 Å². The predicted molar refractivity (Wildman–Crippen MR) is 61.5 cm³/mol. The predicted octanol–water partition coefficient (Wildman–Crippen LogP) is 2.36. The number of oxazole rings is 1. The van der Waals surface area contributed by atoms with Crippen LogP contribution in [0.2, 0.25) is 5.02 Å². The first-order valence-corrected chi connectivity index (χ1v) is 5.08. The fourth-order valence-corrected chi connectivity index (χ4v) is 1.57. The molecule has 0 aliphatic rings. The first-order valence-electron chi connectivity index (χ1n) is 4.70. The van der Waals surface area contributed by atoms with Crippen LogP contribution in [-0.2, 0) is 6.54 Å².